The number of amides is 2. The number of nitrogens with zero attached hydrogens (tertiary/aromatic N) is 2. The third kappa shape index (κ3) is 5.92. The van der Waals surface area contributed by atoms with Crippen molar-refractivity contribution in [1.29, 1.82) is 0 Å². The highest BCUT2D eigenvalue weighted by Gasteiger charge is 2.26. The van der Waals surface area contributed by atoms with Gasteiger partial charge in [-0.15, -0.1) is 0 Å². The minimum atomic E-state index is -0.608. The number of rotatable bonds is 6. The molecule has 2 amide bonds. The molecule has 0 aliphatic carbocycles. The molecule has 7 heteroatoms. The Morgan fingerprint density at radius 3 is 2.48 bits per heavy atom. The van der Waals surface area contributed by atoms with Gasteiger partial charge in [0, 0.05) is 45.5 Å². The first-order valence-corrected chi connectivity index (χ1v) is 11.8. The summed E-state index contributed by atoms with van der Waals surface area (Å²) in [5.74, 6) is -1.21. The molecule has 2 aromatic rings. The van der Waals surface area contributed by atoms with Gasteiger partial charge in [-0.2, -0.15) is 0 Å². The Hall–Kier alpha value is -2.90. The molecule has 33 heavy (non-hydrogen) atoms. The lowest BCUT2D eigenvalue weighted by atomic mass is 9.95. The molecule has 0 aromatic heterocycles. The number of aryl methyl sites for hydroxylation is 2. The van der Waals surface area contributed by atoms with Crippen LogP contribution in [-0.2, 0) is 27.3 Å². The van der Waals surface area contributed by atoms with E-state index in [0.29, 0.717) is 26.3 Å². The molecule has 0 saturated carbocycles. The van der Waals surface area contributed by atoms with Gasteiger partial charge in [0.15, 0.2) is 0 Å². The molecule has 2 aromatic carbocycles. The number of ether oxygens (including phenoxy) is 1. The number of benzene rings is 2. The van der Waals surface area contributed by atoms with Crippen LogP contribution in [-0.4, -0.2) is 63.2 Å². The largest absolute Gasteiger partial charge is 0.379 e. The van der Waals surface area contributed by atoms with E-state index in [4.69, 9.17) is 4.74 Å². The Bertz CT molecular complexity index is 970. The fourth-order valence-electron chi connectivity index (χ4n) is 4.60. The summed E-state index contributed by atoms with van der Waals surface area (Å²) in [5.41, 5.74) is 5.93. The van der Waals surface area contributed by atoms with E-state index in [1.165, 1.54) is 16.8 Å². The topological polar surface area (TPSA) is 73.9 Å². The van der Waals surface area contributed by atoms with E-state index in [0.717, 1.165) is 43.6 Å². The molecule has 2 N–H and O–H groups in total. The quantitative estimate of drug-likeness (QED) is 0.660. The standard InChI is InChI=1S/C26H34N4O3/c1-19-5-7-20(8-6-19)17-27-25(31)26(32)28-18-24(30-12-14-33-15-13-30)22-9-10-23-21(16-22)4-3-11-29(23)2/h5-10,16,24H,3-4,11-15,17-18H2,1-2H3,(H,27,31)(H,28,32). The first-order valence-electron chi connectivity index (χ1n) is 11.8. The molecule has 1 atom stereocenters. The van der Waals surface area contributed by atoms with Crippen LogP contribution in [0.25, 0.3) is 0 Å². The maximum absolute atomic E-state index is 12.5. The third-order valence-corrected chi connectivity index (χ3v) is 6.56. The van der Waals surface area contributed by atoms with Gasteiger partial charge in [-0.05, 0) is 42.5 Å². The fraction of sp³-hybridized carbons (Fsp3) is 0.462. The van der Waals surface area contributed by atoms with Gasteiger partial charge in [-0.25, -0.2) is 0 Å². The lowest BCUT2D eigenvalue weighted by molar-refractivity contribution is -0.139. The minimum absolute atomic E-state index is 0.000260. The summed E-state index contributed by atoms with van der Waals surface area (Å²) < 4.78 is 5.54. The van der Waals surface area contributed by atoms with E-state index in [2.05, 4.69) is 45.7 Å². The predicted molar refractivity (Wildman–Crippen MR) is 129 cm³/mol. The molecular formula is C26H34N4O3. The van der Waals surface area contributed by atoms with Gasteiger partial charge in [-0.3, -0.25) is 14.5 Å². The van der Waals surface area contributed by atoms with E-state index < -0.39 is 11.8 Å². The zero-order valence-corrected chi connectivity index (χ0v) is 19.6. The van der Waals surface area contributed by atoms with Crippen LogP contribution in [0.5, 0.6) is 0 Å². The molecule has 7 nitrogen and oxygen atoms in total. The van der Waals surface area contributed by atoms with E-state index in [9.17, 15) is 9.59 Å². The molecule has 2 aliphatic rings. The number of nitrogens with one attached hydrogen (secondary N) is 2. The van der Waals surface area contributed by atoms with Gasteiger partial charge in [0.2, 0.25) is 0 Å². The molecule has 0 spiro atoms. The van der Waals surface area contributed by atoms with Crippen LogP contribution in [0.15, 0.2) is 42.5 Å². The van der Waals surface area contributed by atoms with Crippen molar-refractivity contribution in [1.82, 2.24) is 15.5 Å². The summed E-state index contributed by atoms with van der Waals surface area (Å²) in [6, 6.07) is 14.5. The van der Waals surface area contributed by atoms with E-state index >= 15 is 0 Å². The molecule has 2 aliphatic heterocycles. The van der Waals surface area contributed by atoms with Crippen LogP contribution in [0, 0.1) is 6.92 Å². The lowest BCUT2D eigenvalue weighted by Crippen LogP contribution is -2.46. The third-order valence-electron chi connectivity index (χ3n) is 6.56. The lowest BCUT2D eigenvalue weighted by Gasteiger charge is -2.36. The molecule has 1 fully saturated rings. The molecule has 1 unspecified atom stereocenters. The van der Waals surface area contributed by atoms with Crippen molar-refractivity contribution in [2.24, 2.45) is 0 Å². The number of hydrogen-bond acceptors (Lipinski definition) is 5. The minimum Gasteiger partial charge on any atom is -0.379 e. The summed E-state index contributed by atoms with van der Waals surface area (Å²) in [4.78, 5) is 29.5. The Kier molecular flexibility index (Phi) is 7.62. The first-order chi connectivity index (χ1) is 16.0. The zero-order chi connectivity index (χ0) is 23.2. The van der Waals surface area contributed by atoms with Gasteiger partial charge in [0.1, 0.15) is 0 Å². The zero-order valence-electron chi connectivity index (χ0n) is 19.6. The van der Waals surface area contributed by atoms with Crippen molar-refractivity contribution < 1.29 is 14.3 Å². The number of carbonyl (C=O) groups excluding carboxylic acids is 2. The highest BCUT2D eigenvalue weighted by Crippen LogP contribution is 2.30. The molecular weight excluding hydrogens is 416 g/mol. The molecule has 1 saturated heterocycles. The first kappa shape index (κ1) is 23.3. The number of anilines is 1. The number of fused-ring (bicyclic) bond motifs is 1. The van der Waals surface area contributed by atoms with Crippen molar-refractivity contribution in [2.75, 3.05) is 51.3 Å². The van der Waals surface area contributed by atoms with Crippen molar-refractivity contribution in [3.8, 4) is 0 Å². The van der Waals surface area contributed by atoms with Crippen molar-refractivity contribution >= 4 is 17.5 Å². The van der Waals surface area contributed by atoms with Gasteiger partial charge in [0.05, 0.1) is 19.3 Å². The van der Waals surface area contributed by atoms with Gasteiger partial charge >= 0.3 is 11.8 Å². The predicted octanol–water partition coefficient (Wildman–Crippen LogP) is 2.18. The Labute approximate surface area is 196 Å². The van der Waals surface area contributed by atoms with E-state index in [1.54, 1.807) is 0 Å². The second kappa shape index (κ2) is 10.8. The van der Waals surface area contributed by atoms with Crippen LogP contribution in [0.1, 0.15) is 34.7 Å². The number of morpholine rings is 1. The fourth-order valence-corrected chi connectivity index (χ4v) is 4.60. The maximum atomic E-state index is 12.5. The van der Waals surface area contributed by atoms with Crippen molar-refractivity contribution in [3.63, 3.8) is 0 Å². The maximum Gasteiger partial charge on any atom is 0.309 e. The van der Waals surface area contributed by atoms with Gasteiger partial charge in [-0.1, -0.05) is 42.0 Å². The monoisotopic (exact) mass is 450 g/mol. The SMILES string of the molecule is Cc1ccc(CNC(=O)C(=O)NCC(c2ccc3c(c2)CCCN3C)N2CCOCC2)cc1. The normalized spacial score (nSPS) is 17.2. The van der Waals surface area contributed by atoms with Crippen LogP contribution < -0.4 is 15.5 Å². The summed E-state index contributed by atoms with van der Waals surface area (Å²) >= 11 is 0. The molecule has 2 heterocycles. The molecule has 0 radical (unpaired) electrons. The van der Waals surface area contributed by atoms with Gasteiger partial charge in [0.25, 0.3) is 0 Å². The second-order valence-electron chi connectivity index (χ2n) is 8.96. The number of hydrogen-bond donors (Lipinski definition) is 2. The summed E-state index contributed by atoms with van der Waals surface area (Å²) in [5, 5.41) is 5.59. The smallest absolute Gasteiger partial charge is 0.309 e. The van der Waals surface area contributed by atoms with Crippen molar-refractivity contribution in [2.45, 2.75) is 32.4 Å². The van der Waals surface area contributed by atoms with Gasteiger partial charge < -0.3 is 20.3 Å². The van der Waals surface area contributed by atoms with Crippen LogP contribution >= 0.6 is 0 Å². The van der Waals surface area contributed by atoms with Crippen LogP contribution in [0.3, 0.4) is 0 Å². The summed E-state index contributed by atoms with van der Waals surface area (Å²) in [6.07, 6.45) is 2.21. The summed E-state index contributed by atoms with van der Waals surface area (Å²) in [6.45, 7) is 6.76. The average Bonchev–Trinajstić information content (AvgIpc) is 2.84. The number of carbonyl (C=O) groups is 2. The molecule has 0 bridgehead atoms. The Morgan fingerprint density at radius 2 is 1.73 bits per heavy atom. The average molecular weight is 451 g/mol. The molecule has 4 rings (SSSR count). The Morgan fingerprint density at radius 1 is 1.00 bits per heavy atom. The molecule has 176 valence electrons. The van der Waals surface area contributed by atoms with Crippen molar-refractivity contribution in [3.05, 3.63) is 64.7 Å². The summed E-state index contributed by atoms with van der Waals surface area (Å²) in [7, 11) is 2.13. The Balaban J connectivity index is 1.40. The van der Waals surface area contributed by atoms with E-state index in [-0.39, 0.29) is 6.04 Å². The highest BCUT2D eigenvalue weighted by molar-refractivity contribution is 6.35. The van der Waals surface area contributed by atoms with Crippen LogP contribution in [0.2, 0.25) is 0 Å². The van der Waals surface area contributed by atoms with Crippen LogP contribution in [0.4, 0.5) is 5.69 Å². The second-order valence-corrected chi connectivity index (χ2v) is 8.96. The highest BCUT2D eigenvalue weighted by atomic mass is 16.5. The van der Waals surface area contributed by atoms with E-state index in [1.807, 2.05) is 31.2 Å².